The first-order valence-electron chi connectivity index (χ1n) is 19.3. The highest BCUT2D eigenvalue weighted by atomic mass is 16.2. The number of hydrogen-bond acceptors (Lipinski definition) is 5. The summed E-state index contributed by atoms with van der Waals surface area (Å²) >= 11 is 0. The van der Waals surface area contributed by atoms with Crippen LogP contribution in [0.2, 0.25) is 0 Å². The molecule has 2 heterocycles. The van der Waals surface area contributed by atoms with Gasteiger partial charge in [-0.2, -0.15) is 0 Å². The van der Waals surface area contributed by atoms with E-state index >= 15 is 0 Å². The van der Waals surface area contributed by atoms with Gasteiger partial charge in [-0.25, -0.2) is 0 Å². The van der Waals surface area contributed by atoms with E-state index in [0.29, 0.717) is 12.3 Å². The summed E-state index contributed by atoms with van der Waals surface area (Å²) in [6.07, 6.45) is 10.2. The Morgan fingerprint density at radius 2 is 1.15 bits per heavy atom. The number of carbonyl (C=O) groups is 4. The highest BCUT2D eigenvalue weighted by Crippen LogP contribution is 2.27. The van der Waals surface area contributed by atoms with E-state index in [0.717, 1.165) is 75.0 Å². The van der Waals surface area contributed by atoms with Gasteiger partial charge in [-0.3, -0.25) is 19.2 Å². The third-order valence-electron chi connectivity index (χ3n) is 11.0. The molecule has 0 radical (unpaired) electrons. The number of aromatic nitrogens is 2. The molecule has 1 saturated carbocycles. The molecule has 0 spiro atoms. The molecule has 4 atom stereocenters. The van der Waals surface area contributed by atoms with Crippen LogP contribution in [-0.2, 0) is 38.4 Å². The van der Waals surface area contributed by atoms with Gasteiger partial charge in [-0.15, -0.1) is 0 Å². The number of para-hydroxylation sites is 2. The lowest BCUT2D eigenvalue weighted by atomic mass is 9.85. The second-order valence-electron chi connectivity index (χ2n) is 14.9. The van der Waals surface area contributed by atoms with Crippen molar-refractivity contribution in [2.45, 2.75) is 82.0 Å². The van der Waals surface area contributed by atoms with Gasteiger partial charge in [0.2, 0.25) is 23.6 Å². The van der Waals surface area contributed by atoms with E-state index in [9.17, 15) is 19.2 Å². The van der Waals surface area contributed by atoms with Gasteiger partial charge in [0.25, 0.3) is 0 Å². The van der Waals surface area contributed by atoms with Gasteiger partial charge in [0.05, 0.1) is 6.04 Å². The summed E-state index contributed by atoms with van der Waals surface area (Å²) in [4.78, 5) is 61.7. The molecule has 1 aliphatic rings. The number of hydrogen-bond donors (Lipinski definition) is 7. The van der Waals surface area contributed by atoms with Crippen molar-refractivity contribution in [2.24, 2.45) is 17.4 Å². The molecule has 2 aromatic heterocycles. The van der Waals surface area contributed by atoms with Gasteiger partial charge >= 0.3 is 0 Å². The molecule has 9 N–H and O–H groups in total. The van der Waals surface area contributed by atoms with Crippen LogP contribution in [0.4, 0.5) is 0 Å². The lowest BCUT2D eigenvalue weighted by Crippen LogP contribution is -2.58. The molecule has 11 heteroatoms. The van der Waals surface area contributed by atoms with Crippen LogP contribution in [0.1, 0.15) is 55.2 Å². The summed E-state index contributed by atoms with van der Waals surface area (Å²) < 4.78 is 0. The monoisotopic (exact) mass is 739 g/mol. The van der Waals surface area contributed by atoms with E-state index in [4.69, 9.17) is 11.5 Å². The van der Waals surface area contributed by atoms with Crippen LogP contribution in [0.25, 0.3) is 32.6 Å². The van der Waals surface area contributed by atoms with E-state index in [1.807, 2.05) is 103 Å². The second-order valence-corrected chi connectivity index (χ2v) is 14.9. The molecule has 0 unspecified atom stereocenters. The van der Waals surface area contributed by atoms with E-state index in [1.54, 1.807) is 0 Å². The Kier molecular flexibility index (Phi) is 11.6. The van der Waals surface area contributed by atoms with Crippen molar-refractivity contribution in [3.63, 3.8) is 0 Å². The molecule has 1 fully saturated rings. The highest BCUT2D eigenvalue weighted by molar-refractivity contribution is 5.96. The zero-order valence-electron chi connectivity index (χ0n) is 30.9. The molecule has 6 aromatic rings. The summed E-state index contributed by atoms with van der Waals surface area (Å²) in [5.74, 6) is -1.86. The summed E-state index contributed by atoms with van der Waals surface area (Å²) in [6.45, 7) is 0. The lowest BCUT2D eigenvalue weighted by Gasteiger charge is -2.27. The first-order valence-corrected chi connectivity index (χ1v) is 19.3. The Hall–Kier alpha value is -5.94. The van der Waals surface area contributed by atoms with E-state index in [1.165, 1.54) is 6.42 Å². The third-order valence-corrected chi connectivity index (χ3v) is 11.0. The Labute approximate surface area is 320 Å². The van der Waals surface area contributed by atoms with Crippen LogP contribution in [0.15, 0.2) is 103 Å². The Morgan fingerprint density at radius 1 is 0.618 bits per heavy atom. The predicted molar refractivity (Wildman–Crippen MR) is 216 cm³/mol. The summed E-state index contributed by atoms with van der Waals surface area (Å²) in [7, 11) is 0. The Bertz CT molecular complexity index is 2310. The fraction of sp³-hybridized carbons (Fsp3) is 0.318. The molecule has 1 aliphatic carbocycles. The van der Waals surface area contributed by atoms with E-state index in [2.05, 4.69) is 25.9 Å². The Balaban J connectivity index is 1.15. The standard InChI is InChI=1S/C44H49N7O4/c45-35(21-27-10-2-1-3-11-27)42(53)50-39(23-31-25-47-36-16-8-6-14-33(31)36)44(55)51-40(24-32-26-48-37-17-9-7-15-34(32)37)43(54)49-38(41(46)52)22-28-18-19-29-12-4-5-13-30(29)20-28/h4-9,12-20,25-27,35,38-40,47-48H,1-3,10-11,21-24,45H2,(H2,46,52)(H,49,54)(H,50,53)(H,51,55)/t35-,38+,39+,40-/m0/s1. The molecule has 55 heavy (non-hydrogen) atoms. The normalized spacial score (nSPS) is 15.7. The first kappa shape index (κ1) is 37.4. The maximum absolute atomic E-state index is 14.4. The van der Waals surface area contributed by atoms with Gasteiger partial charge < -0.3 is 37.4 Å². The summed E-state index contributed by atoms with van der Waals surface area (Å²) in [5.41, 5.74) is 16.6. The number of nitrogens with two attached hydrogens (primary N) is 2. The molecular formula is C44H49N7O4. The second kappa shape index (κ2) is 17.0. The van der Waals surface area contributed by atoms with Crippen molar-refractivity contribution < 1.29 is 19.2 Å². The molecule has 7 rings (SSSR count). The fourth-order valence-electron chi connectivity index (χ4n) is 8.00. The van der Waals surface area contributed by atoms with Crippen LogP contribution in [0, 0.1) is 5.92 Å². The molecule has 4 aromatic carbocycles. The number of benzene rings is 4. The zero-order chi connectivity index (χ0) is 38.3. The first-order chi connectivity index (χ1) is 26.7. The molecule has 284 valence electrons. The van der Waals surface area contributed by atoms with Crippen LogP contribution in [0.5, 0.6) is 0 Å². The smallest absolute Gasteiger partial charge is 0.243 e. The van der Waals surface area contributed by atoms with Crippen LogP contribution >= 0.6 is 0 Å². The van der Waals surface area contributed by atoms with Crippen molar-refractivity contribution in [2.75, 3.05) is 0 Å². The van der Waals surface area contributed by atoms with Crippen molar-refractivity contribution in [3.05, 3.63) is 120 Å². The number of fused-ring (bicyclic) bond motifs is 3. The zero-order valence-corrected chi connectivity index (χ0v) is 30.9. The van der Waals surface area contributed by atoms with Crippen molar-refractivity contribution in [1.29, 1.82) is 0 Å². The van der Waals surface area contributed by atoms with Gasteiger partial charge in [0.15, 0.2) is 0 Å². The minimum absolute atomic E-state index is 0.109. The largest absolute Gasteiger partial charge is 0.368 e. The number of H-pyrrole nitrogens is 2. The topological polar surface area (TPSA) is 188 Å². The number of amides is 4. The maximum atomic E-state index is 14.4. The SMILES string of the molecule is NC(=O)[C@@H](Cc1ccc2ccccc2c1)NC(=O)[C@H](Cc1c[nH]c2ccccc12)NC(=O)[C@@H](Cc1c[nH]c2ccccc12)NC(=O)[C@@H](N)CC1CCCCC1. The highest BCUT2D eigenvalue weighted by Gasteiger charge is 2.32. The number of primary amides is 1. The predicted octanol–water partition coefficient (Wildman–Crippen LogP) is 5.07. The summed E-state index contributed by atoms with van der Waals surface area (Å²) in [5, 5.41) is 12.6. The van der Waals surface area contributed by atoms with Gasteiger partial charge in [-0.1, -0.05) is 111 Å². The third kappa shape index (κ3) is 9.06. The fourth-order valence-corrected chi connectivity index (χ4v) is 8.00. The quantitative estimate of drug-likeness (QED) is 0.0774. The van der Waals surface area contributed by atoms with Crippen molar-refractivity contribution >= 4 is 56.2 Å². The molecule has 0 aliphatic heterocycles. The molecule has 11 nitrogen and oxygen atoms in total. The lowest BCUT2D eigenvalue weighted by molar-refractivity contribution is -0.133. The maximum Gasteiger partial charge on any atom is 0.243 e. The minimum Gasteiger partial charge on any atom is -0.368 e. The average Bonchev–Trinajstić information content (AvgIpc) is 3.81. The molecule has 0 saturated heterocycles. The number of carbonyl (C=O) groups excluding carboxylic acids is 4. The minimum atomic E-state index is -1.12. The molecule has 4 amide bonds. The van der Waals surface area contributed by atoms with Crippen molar-refractivity contribution in [3.8, 4) is 0 Å². The van der Waals surface area contributed by atoms with Crippen LogP contribution in [-0.4, -0.2) is 57.8 Å². The van der Waals surface area contributed by atoms with Crippen LogP contribution < -0.4 is 27.4 Å². The van der Waals surface area contributed by atoms with E-state index < -0.39 is 47.8 Å². The number of rotatable bonds is 15. The van der Waals surface area contributed by atoms with Crippen molar-refractivity contribution in [1.82, 2.24) is 25.9 Å². The number of aromatic amines is 2. The number of nitrogens with one attached hydrogen (secondary N) is 5. The molecule has 0 bridgehead atoms. The van der Waals surface area contributed by atoms with Gasteiger partial charge in [0.1, 0.15) is 18.1 Å². The Morgan fingerprint density at radius 3 is 1.75 bits per heavy atom. The van der Waals surface area contributed by atoms with E-state index in [-0.39, 0.29) is 19.3 Å². The van der Waals surface area contributed by atoms with Gasteiger partial charge in [0, 0.05) is 53.5 Å². The van der Waals surface area contributed by atoms with Crippen LogP contribution in [0.3, 0.4) is 0 Å². The van der Waals surface area contributed by atoms with Gasteiger partial charge in [-0.05, 0) is 51.9 Å². The molecular weight excluding hydrogens is 691 g/mol. The average molecular weight is 740 g/mol. The summed E-state index contributed by atoms with van der Waals surface area (Å²) in [6, 6.07) is 25.2.